The Morgan fingerprint density at radius 3 is 2.50 bits per heavy atom. The molecule has 1 saturated carbocycles. The summed E-state index contributed by atoms with van der Waals surface area (Å²) in [6, 6.07) is 6.87. The minimum absolute atomic E-state index is 0.308. The lowest BCUT2D eigenvalue weighted by Crippen LogP contribution is -2.29. The summed E-state index contributed by atoms with van der Waals surface area (Å²) < 4.78 is 11.4. The molecule has 0 aliphatic heterocycles. The van der Waals surface area contributed by atoms with Crippen molar-refractivity contribution < 1.29 is 14.3 Å². The molecule has 1 aromatic rings. The van der Waals surface area contributed by atoms with Crippen LogP contribution in [-0.2, 0) is 4.74 Å². The van der Waals surface area contributed by atoms with Crippen LogP contribution in [-0.4, -0.2) is 25.2 Å². The van der Waals surface area contributed by atoms with E-state index >= 15 is 0 Å². The summed E-state index contributed by atoms with van der Waals surface area (Å²) in [5.74, 6) is 5.48. The molecule has 0 heterocycles. The second kappa shape index (κ2) is 7.87. The second-order valence-corrected chi connectivity index (χ2v) is 4.98. The van der Waals surface area contributed by atoms with Gasteiger partial charge in [-0.2, -0.15) is 0 Å². The Balaban J connectivity index is 1.67. The van der Waals surface area contributed by atoms with Crippen LogP contribution in [0.2, 0.25) is 0 Å². The van der Waals surface area contributed by atoms with Crippen LogP contribution in [0.4, 0.5) is 0 Å². The fraction of sp³-hybridized carbons (Fsp3) is 0.533. The molecule has 1 amide bonds. The molecule has 5 heteroatoms. The van der Waals surface area contributed by atoms with Gasteiger partial charge in [-0.25, -0.2) is 5.84 Å². The predicted molar refractivity (Wildman–Crippen MR) is 76.4 cm³/mol. The topological polar surface area (TPSA) is 73.6 Å². The summed E-state index contributed by atoms with van der Waals surface area (Å²) in [4.78, 5) is 11.3. The standard InChI is InChI=1S/C15H22N2O3/c16-17-15(18)12-6-8-14(9-7-12)20-11-10-19-13-4-2-1-3-5-13/h6-9,13H,1-5,10-11,16H2,(H,17,18). The number of amides is 1. The van der Waals surface area contributed by atoms with Crippen LogP contribution in [0.5, 0.6) is 5.75 Å². The van der Waals surface area contributed by atoms with Crippen LogP contribution in [0, 0.1) is 0 Å². The number of nitrogen functional groups attached to an aromatic ring is 1. The monoisotopic (exact) mass is 278 g/mol. The highest BCUT2D eigenvalue weighted by atomic mass is 16.5. The molecule has 0 bridgehead atoms. The van der Waals surface area contributed by atoms with E-state index in [1.807, 2.05) is 0 Å². The van der Waals surface area contributed by atoms with Gasteiger partial charge in [0.15, 0.2) is 0 Å². The van der Waals surface area contributed by atoms with Gasteiger partial charge in [-0.1, -0.05) is 19.3 Å². The third kappa shape index (κ3) is 4.51. The zero-order valence-corrected chi connectivity index (χ0v) is 11.6. The first-order valence-electron chi connectivity index (χ1n) is 7.15. The number of hydrogen-bond donors (Lipinski definition) is 2. The van der Waals surface area contributed by atoms with Gasteiger partial charge in [-0.3, -0.25) is 10.2 Å². The SMILES string of the molecule is NNC(=O)c1ccc(OCCOC2CCCCC2)cc1. The van der Waals surface area contributed by atoms with E-state index in [0.717, 1.165) is 5.75 Å². The highest BCUT2D eigenvalue weighted by Crippen LogP contribution is 2.20. The van der Waals surface area contributed by atoms with Crippen LogP contribution in [0.25, 0.3) is 0 Å². The van der Waals surface area contributed by atoms with Crippen molar-refractivity contribution in [1.82, 2.24) is 5.43 Å². The molecule has 110 valence electrons. The van der Waals surface area contributed by atoms with E-state index in [-0.39, 0.29) is 5.91 Å². The van der Waals surface area contributed by atoms with Crippen LogP contribution < -0.4 is 16.0 Å². The van der Waals surface area contributed by atoms with Gasteiger partial charge in [-0.15, -0.1) is 0 Å². The smallest absolute Gasteiger partial charge is 0.265 e. The van der Waals surface area contributed by atoms with Gasteiger partial charge in [0.2, 0.25) is 0 Å². The van der Waals surface area contributed by atoms with E-state index in [0.29, 0.717) is 24.9 Å². The van der Waals surface area contributed by atoms with E-state index in [1.54, 1.807) is 24.3 Å². The van der Waals surface area contributed by atoms with Gasteiger partial charge >= 0.3 is 0 Å². The van der Waals surface area contributed by atoms with E-state index in [1.165, 1.54) is 32.1 Å². The number of ether oxygens (including phenoxy) is 2. The average molecular weight is 278 g/mol. The maximum absolute atomic E-state index is 11.3. The Labute approximate surface area is 119 Å². The van der Waals surface area contributed by atoms with Crippen LogP contribution in [0.15, 0.2) is 24.3 Å². The first-order valence-corrected chi connectivity index (χ1v) is 7.15. The molecule has 1 fully saturated rings. The van der Waals surface area contributed by atoms with Crippen LogP contribution in [0.1, 0.15) is 42.5 Å². The summed E-state index contributed by atoms with van der Waals surface area (Å²) in [6.45, 7) is 1.13. The zero-order valence-electron chi connectivity index (χ0n) is 11.6. The van der Waals surface area contributed by atoms with Gasteiger partial charge in [0.25, 0.3) is 5.91 Å². The largest absolute Gasteiger partial charge is 0.491 e. The van der Waals surface area contributed by atoms with E-state index in [2.05, 4.69) is 5.43 Å². The molecule has 3 N–H and O–H groups in total. The number of carbonyl (C=O) groups is 1. The Morgan fingerprint density at radius 1 is 1.15 bits per heavy atom. The van der Waals surface area contributed by atoms with Crippen molar-refractivity contribution in [2.75, 3.05) is 13.2 Å². The molecule has 0 saturated heterocycles. The van der Waals surface area contributed by atoms with Crippen LogP contribution in [0.3, 0.4) is 0 Å². The molecule has 1 aliphatic rings. The Hall–Kier alpha value is -1.59. The van der Waals surface area contributed by atoms with Crippen molar-refractivity contribution in [1.29, 1.82) is 0 Å². The molecule has 0 atom stereocenters. The highest BCUT2D eigenvalue weighted by molar-refractivity contribution is 5.93. The third-order valence-electron chi connectivity index (χ3n) is 3.51. The second-order valence-electron chi connectivity index (χ2n) is 4.98. The van der Waals surface area contributed by atoms with Crippen molar-refractivity contribution in [3.63, 3.8) is 0 Å². The summed E-state index contributed by atoms with van der Waals surface area (Å²) in [5, 5.41) is 0. The van der Waals surface area contributed by atoms with Gasteiger partial charge < -0.3 is 9.47 Å². The number of carbonyl (C=O) groups excluding carboxylic acids is 1. The summed E-state index contributed by atoms with van der Waals surface area (Å²) in [6.07, 6.45) is 6.63. The van der Waals surface area contributed by atoms with E-state index < -0.39 is 0 Å². The molecule has 2 rings (SSSR count). The van der Waals surface area contributed by atoms with Crippen molar-refractivity contribution >= 4 is 5.91 Å². The maximum Gasteiger partial charge on any atom is 0.265 e. The Bertz CT molecular complexity index is 414. The highest BCUT2D eigenvalue weighted by Gasteiger charge is 2.13. The van der Waals surface area contributed by atoms with Gasteiger partial charge in [0, 0.05) is 5.56 Å². The fourth-order valence-electron chi connectivity index (χ4n) is 2.39. The normalized spacial score (nSPS) is 15.8. The molecule has 1 aliphatic carbocycles. The minimum atomic E-state index is -0.308. The Morgan fingerprint density at radius 2 is 1.85 bits per heavy atom. The molecular formula is C15H22N2O3. The molecular weight excluding hydrogens is 256 g/mol. The number of nitrogens with two attached hydrogens (primary N) is 1. The average Bonchev–Trinajstić information content (AvgIpc) is 2.52. The first kappa shape index (κ1) is 14.8. The maximum atomic E-state index is 11.3. The van der Waals surface area contributed by atoms with Crippen molar-refractivity contribution in [2.45, 2.75) is 38.2 Å². The van der Waals surface area contributed by atoms with Gasteiger partial charge in [-0.05, 0) is 37.1 Å². The number of hydrogen-bond acceptors (Lipinski definition) is 4. The lowest BCUT2D eigenvalue weighted by Gasteiger charge is -2.21. The molecule has 0 aromatic heterocycles. The third-order valence-corrected chi connectivity index (χ3v) is 3.51. The quantitative estimate of drug-likeness (QED) is 0.361. The molecule has 0 radical (unpaired) electrons. The Kier molecular flexibility index (Phi) is 5.83. The van der Waals surface area contributed by atoms with Crippen molar-refractivity contribution in [3.8, 4) is 5.75 Å². The predicted octanol–water partition coefficient (Wildman–Crippen LogP) is 2.02. The zero-order chi connectivity index (χ0) is 14.2. The molecule has 0 unspecified atom stereocenters. The lowest BCUT2D eigenvalue weighted by atomic mass is 9.98. The first-order chi connectivity index (χ1) is 9.79. The lowest BCUT2D eigenvalue weighted by molar-refractivity contribution is 0.0129. The molecule has 5 nitrogen and oxygen atoms in total. The minimum Gasteiger partial charge on any atom is -0.491 e. The van der Waals surface area contributed by atoms with E-state index in [9.17, 15) is 4.79 Å². The van der Waals surface area contributed by atoms with Crippen LogP contribution >= 0.6 is 0 Å². The number of nitrogens with one attached hydrogen (secondary N) is 1. The fourth-order valence-corrected chi connectivity index (χ4v) is 2.39. The number of hydrazine groups is 1. The number of rotatable bonds is 6. The number of benzene rings is 1. The van der Waals surface area contributed by atoms with Crippen molar-refractivity contribution in [2.24, 2.45) is 5.84 Å². The molecule has 0 spiro atoms. The van der Waals surface area contributed by atoms with Gasteiger partial charge in [0.1, 0.15) is 12.4 Å². The van der Waals surface area contributed by atoms with Gasteiger partial charge in [0.05, 0.1) is 12.7 Å². The van der Waals surface area contributed by atoms with Crippen molar-refractivity contribution in [3.05, 3.63) is 29.8 Å². The summed E-state index contributed by atoms with van der Waals surface area (Å²) in [5.41, 5.74) is 2.60. The molecule has 1 aromatic carbocycles. The van der Waals surface area contributed by atoms with E-state index in [4.69, 9.17) is 15.3 Å². The summed E-state index contributed by atoms with van der Waals surface area (Å²) in [7, 11) is 0. The molecule has 20 heavy (non-hydrogen) atoms. The summed E-state index contributed by atoms with van der Waals surface area (Å²) >= 11 is 0.